The van der Waals surface area contributed by atoms with Crippen molar-refractivity contribution in [1.29, 1.82) is 0 Å². The summed E-state index contributed by atoms with van der Waals surface area (Å²) in [6, 6.07) is 161. The maximum absolute atomic E-state index is 2.67. The van der Waals surface area contributed by atoms with E-state index in [0.717, 1.165) is 102 Å². The highest BCUT2D eigenvalue weighted by Crippen LogP contribution is 2.54. The Morgan fingerprint density at radius 3 is 0.811 bits per heavy atom. The topological polar surface area (TPSA) is 22.8 Å². The standard InChI is InChI=1S/C114H70B2N6/c1-5-35-73(36-6-1)117-101-59-31-27-55-95(101)115-97-69-98-104(70-103(97)119(75-39-9-3-10-40-75)109-65-77(63-107(117)113(109)115)121-99-57-29-25-53-89(99)111-87-51-23-21-49-85(87)93(67-105(111)121)91-61-71-33-13-15-43-79(71)81-45-17-19-47-83(81)91)120(76-41-11-4-12-42-76)110-66-78(64-108-114(110)116(98)96-56-28-32-60-102(96)118(108)74-37-7-2-8-38-74)122-100-58-30-26-54-90(100)112-88-52-24-22-50-86(88)94(68-106(112)122)92-62-72-34-14-16-44-80(72)82-46-18-20-48-84(82)92/h1-70H. The number of fused-ring (bicyclic) bond motifs is 24. The minimum Gasteiger partial charge on any atom is -0.311 e. The summed E-state index contributed by atoms with van der Waals surface area (Å²) in [5, 5.41) is 19.6. The summed E-state index contributed by atoms with van der Waals surface area (Å²) in [6.07, 6.45) is 0. The third-order valence-corrected chi connectivity index (χ3v) is 27.1. The largest absolute Gasteiger partial charge is 0.311 e. The van der Waals surface area contributed by atoms with E-state index >= 15 is 0 Å². The van der Waals surface area contributed by atoms with Crippen LogP contribution in [0, 0.1) is 0 Å². The van der Waals surface area contributed by atoms with Gasteiger partial charge in [-0.15, -0.1) is 0 Å². The molecule has 0 N–H and O–H groups in total. The lowest BCUT2D eigenvalue weighted by atomic mass is 9.30. The van der Waals surface area contributed by atoms with E-state index in [1.807, 2.05) is 0 Å². The SMILES string of the molecule is c1ccc(N2c3ccccc3B3c4cc5c(cc4N(c4ccccc4)c4cc(-n6c7ccccc7c7c8ccccc8c(-c8cc9ccccc9c9ccccc89)cc76)cc2c43)N(c2ccccc2)c2cc(-n3c4ccccc4c4c6ccccc6c(-c6cc7ccccc7c7ccccc67)cc43)cc3c2B5c2ccccc2N3c2ccccc2)cc1. The minimum absolute atomic E-state index is 0.225. The van der Waals surface area contributed by atoms with E-state index in [2.05, 4.69) is 453 Å². The number of benzene rings is 21. The first kappa shape index (κ1) is 67.2. The van der Waals surface area contributed by atoms with Gasteiger partial charge < -0.3 is 28.7 Å². The second kappa shape index (κ2) is 25.8. The summed E-state index contributed by atoms with van der Waals surface area (Å²) in [6.45, 7) is -0.449. The monoisotopic (exact) mass is 1540 g/mol. The molecule has 0 aliphatic carbocycles. The molecule has 6 nitrogen and oxygen atoms in total. The van der Waals surface area contributed by atoms with Crippen LogP contribution in [0.5, 0.6) is 0 Å². The molecule has 0 saturated carbocycles. The molecule has 0 bridgehead atoms. The van der Waals surface area contributed by atoms with E-state index in [9.17, 15) is 0 Å². The smallest absolute Gasteiger partial charge is 0.252 e. The molecule has 122 heavy (non-hydrogen) atoms. The molecule has 4 aliphatic heterocycles. The lowest BCUT2D eigenvalue weighted by Gasteiger charge is -2.47. The van der Waals surface area contributed by atoms with E-state index in [0.29, 0.717) is 0 Å². The minimum atomic E-state index is -0.225. The molecule has 0 fully saturated rings. The highest BCUT2D eigenvalue weighted by Gasteiger charge is 2.49. The van der Waals surface area contributed by atoms with Gasteiger partial charge in [-0.05, 0) is 247 Å². The number of para-hydroxylation sites is 8. The Bertz CT molecular complexity index is 7960. The predicted octanol–water partition coefficient (Wildman–Crippen LogP) is 26.3. The molecule has 8 heteroatoms. The number of rotatable bonds is 8. The molecule has 6 heterocycles. The van der Waals surface area contributed by atoms with E-state index in [-0.39, 0.29) is 13.4 Å². The van der Waals surface area contributed by atoms with Crippen LogP contribution in [0.3, 0.4) is 0 Å². The molecule has 0 amide bonds. The lowest BCUT2D eigenvalue weighted by Crippen LogP contribution is -2.65. The van der Waals surface area contributed by atoms with Gasteiger partial charge in [-0.1, -0.05) is 297 Å². The molecule has 21 aromatic carbocycles. The molecule has 0 atom stereocenters. The van der Waals surface area contributed by atoms with Crippen LogP contribution in [0.1, 0.15) is 0 Å². The normalized spacial score (nSPS) is 13.1. The van der Waals surface area contributed by atoms with Crippen molar-refractivity contribution in [2.24, 2.45) is 0 Å². The molecular weight excluding hydrogens is 1470 g/mol. The van der Waals surface area contributed by atoms with Crippen molar-refractivity contribution < 1.29 is 0 Å². The first-order valence-corrected chi connectivity index (χ1v) is 42.4. The Kier molecular flexibility index (Phi) is 14.2. The second-order valence-electron chi connectivity index (χ2n) is 33.2. The zero-order chi connectivity index (χ0) is 79.5. The fraction of sp³-hybridized carbons (Fsp3) is 0. The van der Waals surface area contributed by atoms with Gasteiger partial charge in [0, 0.05) is 89.8 Å². The summed E-state index contributed by atoms with van der Waals surface area (Å²) in [4.78, 5) is 10.4. The summed E-state index contributed by atoms with van der Waals surface area (Å²) in [5.41, 5.74) is 32.4. The van der Waals surface area contributed by atoms with Crippen LogP contribution in [0.15, 0.2) is 425 Å². The summed E-state index contributed by atoms with van der Waals surface area (Å²) in [5.74, 6) is 0. The molecule has 562 valence electrons. The van der Waals surface area contributed by atoms with Gasteiger partial charge in [-0.2, -0.15) is 0 Å². The third kappa shape index (κ3) is 9.46. The Balaban J connectivity index is 0.752. The van der Waals surface area contributed by atoms with Gasteiger partial charge in [0.2, 0.25) is 0 Å². The van der Waals surface area contributed by atoms with Crippen molar-refractivity contribution in [2.75, 3.05) is 19.6 Å². The Hall–Kier alpha value is -15.9. The fourth-order valence-electron chi connectivity index (χ4n) is 22.3. The van der Waals surface area contributed by atoms with Gasteiger partial charge in [0.15, 0.2) is 0 Å². The van der Waals surface area contributed by atoms with Crippen LogP contribution in [-0.2, 0) is 0 Å². The van der Waals surface area contributed by atoms with Crippen LogP contribution >= 0.6 is 0 Å². The average Bonchev–Trinajstić information content (AvgIpc) is 0.691. The number of anilines is 12. The van der Waals surface area contributed by atoms with Crippen molar-refractivity contribution in [3.8, 4) is 33.6 Å². The number of hydrogen-bond donors (Lipinski definition) is 0. The highest BCUT2D eigenvalue weighted by atomic mass is 15.2. The zero-order valence-electron chi connectivity index (χ0n) is 66.3. The van der Waals surface area contributed by atoms with E-state index in [1.54, 1.807) is 0 Å². The average molecular weight is 1550 g/mol. The van der Waals surface area contributed by atoms with Gasteiger partial charge in [0.25, 0.3) is 13.4 Å². The maximum Gasteiger partial charge on any atom is 0.252 e. The van der Waals surface area contributed by atoms with Crippen molar-refractivity contribution in [1.82, 2.24) is 9.13 Å². The highest BCUT2D eigenvalue weighted by molar-refractivity contribution is 7.03. The molecule has 0 radical (unpaired) electrons. The van der Waals surface area contributed by atoms with Crippen molar-refractivity contribution in [3.63, 3.8) is 0 Å². The van der Waals surface area contributed by atoms with E-state index in [1.165, 1.54) is 141 Å². The first-order chi connectivity index (χ1) is 60.6. The lowest BCUT2D eigenvalue weighted by molar-refractivity contribution is 1.16. The molecule has 0 spiro atoms. The Morgan fingerprint density at radius 2 is 0.434 bits per heavy atom. The van der Waals surface area contributed by atoms with Gasteiger partial charge in [0.05, 0.1) is 33.4 Å². The van der Waals surface area contributed by atoms with Crippen LogP contribution in [0.4, 0.5) is 68.2 Å². The van der Waals surface area contributed by atoms with Crippen LogP contribution in [-0.4, -0.2) is 22.6 Å². The fourth-order valence-corrected chi connectivity index (χ4v) is 22.3. The molecule has 23 aromatic rings. The van der Waals surface area contributed by atoms with Crippen molar-refractivity contribution in [2.45, 2.75) is 0 Å². The molecule has 27 rings (SSSR count). The molecule has 0 unspecified atom stereocenters. The predicted molar refractivity (Wildman–Crippen MR) is 519 cm³/mol. The summed E-state index contributed by atoms with van der Waals surface area (Å²) in [7, 11) is 0. The van der Waals surface area contributed by atoms with Crippen molar-refractivity contribution in [3.05, 3.63) is 425 Å². The molecule has 2 aromatic heterocycles. The van der Waals surface area contributed by atoms with E-state index in [4.69, 9.17) is 0 Å². The molecule has 4 aliphatic rings. The van der Waals surface area contributed by atoms with Crippen LogP contribution < -0.4 is 52.4 Å². The Morgan fingerprint density at radius 1 is 0.156 bits per heavy atom. The number of nitrogens with zero attached hydrogens (tertiary/aromatic N) is 6. The van der Waals surface area contributed by atoms with Crippen LogP contribution in [0.2, 0.25) is 0 Å². The van der Waals surface area contributed by atoms with Crippen molar-refractivity contribution >= 4 is 223 Å². The Labute approximate surface area is 704 Å². The third-order valence-electron chi connectivity index (χ3n) is 27.1. The van der Waals surface area contributed by atoms with Crippen LogP contribution in [0.25, 0.3) is 142 Å². The molecule has 0 saturated heterocycles. The quantitative estimate of drug-likeness (QED) is 0.112. The van der Waals surface area contributed by atoms with Gasteiger partial charge in [-0.25, -0.2) is 0 Å². The van der Waals surface area contributed by atoms with Gasteiger partial charge in [-0.3, -0.25) is 0 Å². The summed E-state index contributed by atoms with van der Waals surface area (Å²) < 4.78 is 5.19. The van der Waals surface area contributed by atoms with Gasteiger partial charge in [0.1, 0.15) is 0 Å². The molecular formula is C114H70B2N6. The van der Waals surface area contributed by atoms with Gasteiger partial charge >= 0.3 is 0 Å². The second-order valence-corrected chi connectivity index (χ2v) is 33.2. The number of hydrogen-bond acceptors (Lipinski definition) is 4. The zero-order valence-corrected chi connectivity index (χ0v) is 66.3. The maximum atomic E-state index is 2.67. The summed E-state index contributed by atoms with van der Waals surface area (Å²) >= 11 is 0. The number of aromatic nitrogens is 2. The first-order valence-electron chi connectivity index (χ1n) is 42.4. The van der Waals surface area contributed by atoms with E-state index < -0.39 is 0 Å².